The molecule has 2 aliphatic rings. The second kappa shape index (κ2) is 4.58. The maximum absolute atomic E-state index is 6.23. The molecule has 0 radical (unpaired) electrons. The van der Waals surface area contributed by atoms with Gasteiger partial charge in [0.2, 0.25) is 0 Å². The van der Waals surface area contributed by atoms with Gasteiger partial charge in [0.05, 0.1) is 10.6 Å². The molecule has 4 nitrogen and oxygen atoms in total. The molecule has 4 rings (SSSR count). The molecule has 2 heterocycles. The summed E-state index contributed by atoms with van der Waals surface area (Å²) in [5.41, 5.74) is 8.62. The van der Waals surface area contributed by atoms with Crippen LogP contribution >= 0.6 is 11.3 Å². The molecule has 1 unspecified atom stereocenters. The number of thiophene rings is 1. The fourth-order valence-electron chi connectivity index (χ4n) is 3.10. The summed E-state index contributed by atoms with van der Waals surface area (Å²) in [6, 6.07) is 0. The van der Waals surface area contributed by atoms with Crippen LogP contribution in [-0.4, -0.2) is 10.1 Å². The van der Waals surface area contributed by atoms with E-state index in [2.05, 4.69) is 17.1 Å². The van der Waals surface area contributed by atoms with Crippen LogP contribution in [0.2, 0.25) is 0 Å². The Morgan fingerprint density at radius 1 is 1.35 bits per heavy atom. The third-order valence-electron chi connectivity index (χ3n) is 4.57. The maximum Gasteiger partial charge on any atom is 0.261 e. The molecular formula is C15H19N3OS. The molecule has 0 aromatic carbocycles. The van der Waals surface area contributed by atoms with E-state index in [1.807, 2.05) is 0 Å². The average molecular weight is 289 g/mol. The Balaban J connectivity index is 1.72. The number of hydrogen-bond donors (Lipinski definition) is 1. The van der Waals surface area contributed by atoms with Gasteiger partial charge in [0.25, 0.3) is 5.89 Å². The highest BCUT2D eigenvalue weighted by atomic mass is 32.1. The fraction of sp³-hybridized carbons (Fsp3) is 0.600. The van der Waals surface area contributed by atoms with Crippen molar-refractivity contribution in [1.82, 2.24) is 10.1 Å². The third-order valence-corrected chi connectivity index (χ3v) is 5.65. The van der Waals surface area contributed by atoms with Gasteiger partial charge in [-0.2, -0.15) is 4.98 Å². The second-order valence-corrected chi connectivity index (χ2v) is 7.13. The Labute approximate surface area is 122 Å². The van der Waals surface area contributed by atoms with Gasteiger partial charge in [-0.05, 0) is 43.6 Å². The minimum absolute atomic E-state index is 0.521. The van der Waals surface area contributed by atoms with E-state index in [0.717, 1.165) is 35.1 Å². The van der Waals surface area contributed by atoms with E-state index in [4.69, 9.17) is 10.3 Å². The van der Waals surface area contributed by atoms with E-state index in [-0.39, 0.29) is 0 Å². The van der Waals surface area contributed by atoms with Gasteiger partial charge in [-0.25, -0.2) is 0 Å². The first kappa shape index (κ1) is 12.4. The molecule has 1 saturated carbocycles. The van der Waals surface area contributed by atoms with E-state index < -0.39 is 0 Å². The van der Waals surface area contributed by atoms with E-state index in [0.29, 0.717) is 11.8 Å². The number of hydrogen-bond acceptors (Lipinski definition) is 5. The van der Waals surface area contributed by atoms with Crippen molar-refractivity contribution in [3.05, 3.63) is 16.3 Å². The summed E-state index contributed by atoms with van der Waals surface area (Å²) in [4.78, 5) is 6.00. The molecule has 0 bridgehead atoms. The van der Waals surface area contributed by atoms with Crippen LogP contribution in [0.1, 0.15) is 54.8 Å². The molecule has 20 heavy (non-hydrogen) atoms. The first-order valence-corrected chi connectivity index (χ1v) is 8.32. The summed E-state index contributed by atoms with van der Waals surface area (Å²) in [6.07, 6.45) is 7.13. The number of anilines is 1. The van der Waals surface area contributed by atoms with Crippen LogP contribution in [0.3, 0.4) is 0 Å². The monoisotopic (exact) mass is 289 g/mol. The zero-order chi connectivity index (χ0) is 13.7. The number of nitrogens with zero attached hydrogens (tertiary/aromatic N) is 2. The second-order valence-electron chi connectivity index (χ2n) is 5.99. The van der Waals surface area contributed by atoms with Crippen molar-refractivity contribution in [3.8, 4) is 11.5 Å². The lowest BCUT2D eigenvalue weighted by atomic mass is 9.85. The summed E-state index contributed by atoms with van der Waals surface area (Å²) >= 11 is 1.71. The quantitative estimate of drug-likeness (QED) is 0.934. The molecule has 1 fully saturated rings. The van der Waals surface area contributed by atoms with Crippen LogP contribution < -0.4 is 5.73 Å². The van der Waals surface area contributed by atoms with Crippen LogP contribution in [0.4, 0.5) is 5.00 Å². The highest BCUT2D eigenvalue weighted by molar-refractivity contribution is 7.16. The van der Waals surface area contributed by atoms with E-state index in [1.165, 1.54) is 36.1 Å². The van der Waals surface area contributed by atoms with Crippen molar-refractivity contribution in [3.63, 3.8) is 0 Å². The molecular weight excluding hydrogens is 270 g/mol. The smallest absolute Gasteiger partial charge is 0.261 e. The predicted molar refractivity (Wildman–Crippen MR) is 79.8 cm³/mol. The topological polar surface area (TPSA) is 64.9 Å². The standard InChI is InChI=1S/C15H19N3OS/c1-2-8-3-6-10-11(7-8)20-13(16)12(10)15-17-14(18-19-15)9-4-5-9/h8-9H,2-7,16H2,1H3. The Hall–Kier alpha value is -1.36. The lowest BCUT2D eigenvalue weighted by molar-refractivity contribution is 0.420. The average Bonchev–Trinajstić information content (AvgIpc) is 3.10. The third kappa shape index (κ3) is 1.95. The summed E-state index contributed by atoms with van der Waals surface area (Å²) in [5.74, 6) is 2.82. The van der Waals surface area contributed by atoms with Crippen LogP contribution in [-0.2, 0) is 12.8 Å². The molecule has 2 aliphatic carbocycles. The molecule has 0 amide bonds. The maximum atomic E-state index is 6.23. The normalized spacial score (nSPS) is 21.9. The molecule has 106 valence electrons. The van der Waals surface area contributed by atoms with Gasteiger partial charge >= 0.3 is 0 Å². The van der Waals surface area contributed by atoms with Gasteiger partial charge in [-0.1, -0.05) is 18.5 Å². The van der Waals surface area contributed by atoms with Gasteiger partial charge < -0.3 is 10.3 Å². The molecule has 2 aromatic rings. The summed E-state index contributed by atoms with van der Waals surface area (Å²) in [6.45, 7) is 2.27. The molecule has 0 spiro atoms. The van der Waals surface area contributed by atoms with Crippen molar-refractivity contribution in [2.45, 2.75) is 51.4 Å². The lowest BCUT2D eigenvalue weighted by Crippen LogP contribution is -2.11. The van der Waals surface area contributed by atoms with Gasteiger partial charge in [0.1, 0.15) is 0 Å². The first-order chi connectivity index (χ1) is 9.76. The molecule has 5 heteroatoms. The summed E-state index contributed by atoms with van der Waals surface area (Å²) in [5, 5.41) is 4.96. The van der Waals surface area contributed by atoms with Crippen molar-refractivity contribution in [2.24, 2.45) is 5.92 Å². The van der Waals surface area contributed by atoms with Crippen LogP contribution in [0.25, 0.3) is 11.5 Å². The summed E-state index contributed by atoms with van der Waals surface area (Å²) in [7, 11) is 0. The Morgan fingerprint density at radius 3 is 2.95 bits per heavy atom. The predicted octanol–water partition coefficient (Wildman–Crippen LogP) is 3.77. The lowest BCUT2D eigenvalue weighted by Gasteiger charge is -2.20. The Bertz CT molecular complexity index is 642. The van der Waals surface area contributed by atoms with E-state index in [9.17, 15) is 0 Å². The van der Waals surface area contributed by atoms with E-state index in [1.54, 1.807) is 11.3 Å². The molecule has 0 saturated heterocycles. The number of nitrogens with two attached hydrogens (primary N) is 1. The minimum Gasteiger partial charge on any atom is -0.390 e. The Kier molecular flexibility index (Phi) is 2.84. The number of aromatic nitrogens is 2. The van der Waals surface area contributed by atoms with Gasteiger partial charge in [-0.15, -0.1) is 11.3 Å². The fourth-order valence-corrected chi connectivity index (χ4v) is 4.33. The van der Waals surface area contributed by atoms with Gasteiger partial charge in [-0.3, -0.25) is 0 Å². The highest BCUT2D eigenvalue weighted by Crippen LogP contribution is 2.45. The van der Waals surface area contributed by atoms with Crippen LogP contribution in [0, 0.1) is 5.92 Å². The number of rotatable bonds is 3. The molecule has 2 aromatic heterocycles. The largest absolute Gasteiger partial charge is 0.390 e. The number of fused-ring (bicyclic) bond motifs is 1. The Morgan fingerprint density at radius 2 is 2.20 bits per heavy atom. The zero-order valence-corrected chi connectivity index (χ0v) is 12.5. The van der Waals surface area contributed by atoms with Crippen molar-refractivity contribution < 1.29 is 4.52 Å². The van der Waals surface area contributed by atoms with E-state index >= 15 is 0 Å². The van der Waals surface area contributed by atoms with Crippen molar-refractivity contribution >= 4 is 16.3 Å². The SMILES string of the molecule is CCC1CCc2c(sc(N)c2-c2nc(C3CC3)no2)C1. The van der Waals surface area contributed by atoms with Gasteiger partial charge in [0.15, 0.2) is 5.82 Å². The van der Waals surface area contributed by atoms with Gasteiger partial charge in [0, 0.05) is 10.8 Å². The molecule has 1 atom stereocenters. The molecule has 0 aliphatic heterocycles. The first-order valence-electron chi connectivity index (χ1n) is 7.50. The highest BCUT2D eigenvalue weighted by Gasteiger charge is 2.31. The van der Waals surface area contributed by atoms with Crippen molar-refractivity contribution in [2.75, 3.05) is 5.73 Å². The van der Waals surface area contributed by atoms with Crippen LogP contribution in [0.15, 0.2) is 4.52 Å². The van der Waals surface area contributed by atoms with Crippen LogP contribution in [0.5, 0.6) is 0 Å². The number of nitrogen functional groups attached to an aromatic ring is 1. The summed E-state index contributed by atoms with van der Waals surface area (Å²) < 4.78 is 5.48. The molecule has 2 N–H and O–H groups in total. The zero-order valence-electron chi connectivity index (χ0n) is 11.7. The minimum atomic E-state index is 0.521. The van der Waals surface area contributed by atoms with Crippen molar-refractivity contribution in [1.29, 1.82) is 0 Å².